The lowest BCUT2D eigenvalue weighted by molar-refractivity contribution is 0.572. The summed E-state index contributed by atoms with van der Waals surface area (Å²) in [6, 6.07) is 18.6. The lowest BCUT2D eigenvalue weighted by Gasteiger charge is -2.16. The summed E-state index contributed by atoms with van der Waals surface area (Å²) in [5.41, 5.74) is 4.54. The fourth-order valence-electron chi connectivity index (χ4n) is 2.15. The van der Waals surface area contributed by atoms with Gasteiger partial charge in [0.2, 0.25) is 0 Å². The van der Waals surface area contributed by atoms with Crippen LogP contribution in [0.25, 0.3) is 0 Å². The van der Waals surface area contributed by atoms with E-state index in [4.69, 9.17) is 5.26 Å². The number of hydrogen-bond donors (Lipinski definition) is 1. The molecule has 0 spiro atoms. The van der Waals surface area contributed by atoms with E-state index in [-0.39, 0.29) is 0 Å². The zero-order chi connectivity index (χ0) is 13.7. The summed E-state index contributed by atoms with van der Waals surface area (Å²) in [7, 11) is 0. The third-order valence-corrected chi connectivity index (χ3v) is 3.35. The molecule has 2 aromatic rings. The van der Waals surface area contributed by atoms with Crippen LogP contribution in [0, 0.1) is 18.3 Å². The summed E-state index contributed by atoms with van der Waals surface area (Å²) in [6.07, 6.45) is 0. The lowest BCUT2D eigenvalue weighted by Crippen LogP contribution is -2.18. The van der Waals surface area contributed by atoms with Crippen LogP contribution in [0.4, 0.5) is 0 Å². The number of hydrogen-bond acceptors (Lipinski definition) is 2. The van der Waals surface area contributed by atoms with Crippen molar-refractivity contribution in [3.05, 3.63) is 70.8 Å². The molecule has 0 radical (unpaired) electrons. The summed E-state index contributed by atoms with van der Waals surface area (Å²) in [5.74, 6) is 0. The quantitative estimate of drug-likeness (QED) is 0.897. The van der Waals surface area contributed by atoms with Crippen LogP contribution in [0.5, 0.6) is 0 Å². The Balaban J connectivity index is 1.98. The topological polar surface area (TPSA) is 35.8 Å². The maximum absolute atomic E-state index is 8.76. The molecular formula is C17H18N2. The van der Waals surface area contributed by atoms with Crippen molar-refractivity contribution in [3.8, 4) is 6.07 Å². The predicted molar refractivity (Wildman–Crippen MR) is 77.6 cm³/mol. The smallest absolute Gasteiger partial charge is 0.0991 e. The molecule has 0 saturated heterocycles. The van der Waals surface area contributed by atoms with Crippen molar-refractivity contribution in [3.63, 3.8) is 0 Å². The summed E-state index contributed by atoms with van der Waals surface area (Å²) >= 11 is 0. The average Bonchev–Trinajstić information content (AvgIpc) is 2.46. The molecule has 2 aromatic carbocycles. The first-order valence-corrected chi connectivity index (χ1v) is 6.48. The number of aryl methyl sites for hydroxylation is 1. The highest BCUT2D eigenvalue weighted by atomic mass is 14.9. The second-order valence-corrected chi connectivity index (χ2v) is 4.77. The Bertz CT molecular complexity index is 579. The van der Waals surface area contributed by atoms with Crippen LogP contribution in [0.15, 0.2) is 48.5 Å². The number of rotatable bonds is 4. The molecule has 0 bridgehead atoms. The molecular weight excluding hydrogens is 232 g/mol. The molecule has 2 rings (SSSR count). The van der Waals surface area contributed by atoms with Crippen LogP contribution in [-0.2, 0) is 6.54 Å². The molecule has 0 amide bonds. The van der Waals surface area contributed by atoms with Gasteiger partial charge in [-0.2, -0.15) is 5.26 Å². The molecule has 0 aromatic heterocycles. The van der Waals surface area contributed by atoms with E-state index in [1.165, 1.54) is 16.7 Å². The Morgan fingerprint density at radius 3 is 2.42 bits per heavy atom. The van der Waals surface area contributed by atoms with Gasteiger partial charge in [-0.15, -0.1) is 0 Å². The summed E-state index contributed by atoms with van der Waals surface area (Å²) in [5, 5.41) is 12.3. The van der Waals surface area contributed by atoms with E-state index in [0.29, 0.717) is 11.6 Å². The molecule has 0 aliphatic carbocycles. The minimum absolute atomic E-state index is 0.317. The zero-order valence-corrected chi connectivity index (χ0v) is 11.4. The van der Waals surface area contributed by atoms with E-state index >= 15 is 0 Å². The van der Waals surface area contributed by atoms with Crippen molar-refractivity contribution < 1.29 is 0 Å². The SMILES string of the molecule is Cc1ccccc1[C@H](C)NCc1ccc(C#N)cc1. The Hall–Kier alpha value is -2.11. The highest BCUT2D eigenvalue weighted by Gasteiger charge is 2.06. The van der Waals surface area contributed by atoms with Crippen molar-refractivity contribution in [2.45, 2.75) is 26.4 Å². The van der Waals surface area contributed by atoms with Crippen molar-refractivity contribution in [2.24, 2.45) is 0 Å². The van der Waals surface area contributed by atoms with Crippen LogP contribution in [0.2, 0.25) is 0 Å². The van der Waals surface area contributed by atoms with Crippen LogP contribution in [-0.4, -0.2) is 0 Å². The van der Waals surface area contributed by atoms with Gasteiger partial charge in [-0.3, -0.25) is 0 Å². The van der Waals surface area contributed by atoms with E-state index in [1.54, 1.807) is 0 Å². The second-order valence-electron chi connectivity index (χ2n) is 4.77. The van der Waals surface area contributed by atoms with Gasteiger partial charge in [-0.1, -0.05) is 36.4 Å². The number of nitrogens with one attached hydrogen (secondary N) is 1. The molecule has 2 heteroatoms. The first-order valence-electron chi connectivity index (χ1n) is 6.48. The third kappa shape index (κ3) is 3.43. The van der Waals surface area contributed by atoms with Gasteiger partial charge in [-0.25, -0.2) is 0 Å². The molecule has 19 heavy (non-hydrogen) atoms. The minimum atomic E-state index is 0.317. The Morgan fingerprint density at radius 1 is 1.11 bits per heavy atom. The Morgan fingerprint density at radius 2 is 1.79 bits per heavy atom. The van der Waals surface area contributed by atoms with Crippen molar-refractivity contribution >= 4 is 0 Å². The molecule has 0 unspecified atom stereocenters. The fraction of sp³-hybridized carbons (Fsp3) is 0.235. The van der Waals surface area contributed by atoms with Crippen molar-refractivity contribution in [2.75, 3.05) is 0 Å². The first kappa shape index (κ1) is 13.3. The van der Waals surface area contributed by atoms with E-state index in [9.17, 15) is 0 Å². The summed E-state index contributed by atoms with van der Waals surface area (Å²) < 4.78 is 0. The predicted octanol–water partition coefficient (Wildman–Crippen LogP) is 3.72. The molecule has 0 saturated carbocycles. The van der Waals surface area contributed by atoms with Gasteiger partial charge in [0.15, 0.2) is 0 Å². The van der Waals surface area contributed by atoms with Gasteiger partial charge in [-0.05, 0) is 42.7 Å². The van der Waals surface area contributed by atoms with Gasteiger partial charge in [0.05, 0.1) is 11.6 Å². The second kappa shape index (κ2) is 6.17. The molecule has 0 aliphatic rings. The van der Waals surface area contributed by atoms with Crippen LogP contribution >= 0.6 is 0 Å². The molecule has 0 aliphatic heterocycles. The fourth-order valence-corrected chi connectivity index (χ4v) is 2.15. The molecule has 1 atom stereocenters. The van der Waals surface area contributed by atoms with E-state index in [0.717, 1.165) is 6.54 Å². The van der Waals surface area contributed by atoms with Crippen molar-refractivity contribution in [1.82, 2.24) is 5.32 Å². The molecule has 2 nitrogen and oxygen atoms in total. The third-order valence-electron chi connectivity index (χ3n) is 3.35. The standard InChI is InChI=1S/C17H18N2/c1-13-5-3-4-6-17(13)14(2)19-12-16-9-7-15(11-18)8-10-16/h3-10,14,19H,12H2,1-2H3/t14-/m0/s1. The number of nitrogens with zero attached hydrogens (tertiary/aromatic N) is 1. The summed E-state index contributed by atoms with van der Waals surface area (Å²) in [4.78, 5) is 0. The molecule has 96 valence electrons. The number of nitriles is 1. The maximum Gasteiger partial charge on any atom is 0.0991 e. The maximum atomic E-state index is 8.76. The van der Waals surface area contributed by atoms with Gasteiger partial charge >= 0.3 is 0 Å². The highest BCUT2D eigenvalue weighted by molar-refractivity contribution is 5.32. The Kier molecular flexibility index (Phi) is 4.33. The van der Waals surface area contributed by atoms with Crippen LogP contribution in [0.1, 0.15) is 35.2 Å². The van der Waals surface area contributed by atoms with Crippen LogP contribution < -0.4 is 5.32 Å². The first-order chi connectivity index (χ1) is 9.20. The zero-order valence-electron chi connectivity index (χ0n) is 11.4. The molecule has 0 fully saturated rings. The number of benzene rings is 2. The van der Waals surface area contributed by atoms with Gasteiger partial charge in [0.25, 0.3) is 0 Å². The average molecular weight is 250 g/mol. The molecule has 0 heterocycles. The normalized spacial score (nSPS) is 11.8. The van der Waals surface area contributed by atoms with E-state index in [1.807, 2.05) is 24.3 Å². The monoisotopic (exact) mass is 250 g/mol. The molecule has 1 N–H and O–H groups in total. The minimum Gasteiger partial charge on any atom is -0.306 e. The van der Waals surface area contributed by atoms with Crippen molar-refractivity contribution in [1.29, 1.82) is 5.26 Å². The van der Waals surface area contributed by atoms with E-state index in [2.05, 4.69) is 49.5 Å². The van der Waals surface area contributed by atoms with Gasteiger partial charge < -0.3 is 5.32 Å². The summed E-state index contributed by atoms with van der Waals surface area (Å²) in [6.45, 7) is 5.11. The highest BCUT2D eigenvalue weighted by Crippen LogP contribution is 2.17. The largest absolute Gasteiger partial charge is 0.306 e. The van der Waals surface area contributed by atoms with Crippen LogP contribution in [0.3, 0.4) is 0 Å². The van der Waals surface area contributed by atoms with Gasteiger partial charge in [0, 0.05) is 12.6 Å². The Labute approximate surface area is 114 Å². The van der Waals surface area contributed by atoms with E-state index < -0.39 is 0 Å². The van der Waals surface area contributed by atoms with Gasteiger partial charge in [0.1, 0.15) is 0 Å². The lowest BCUT2D eigenvalue weighted by atomic mass is 10.0.